The van der Waals surface area contributed by atoms with Gasteiger partial charge in [0, 0.05) is 11.4 Å². The molecule has 4 heteroatoms. The molecule has 1 aromatic carbocycles. The van der Waals surface area contributed by atoms with E-state index < -0.39 is 5.92 Å². The average molecular weight is 262 g/mol. The maximum atomic E-state index is 11.6. The molecular formula is C14H18N2OS. The molecule has 0 aliphatic rings. The fourth-order valence-electron chi connectivity index (χ4n) is 1.58. The smallest absolute Gasteiger partial charge is 0.237 e. The highest BCUT2D eigenvalue weighted by molar-refractivity contribution is 7.98. The first-order chi connectivity index (χ1) is 8.71. The van der Waals surface area contributed by atoms with Crippen molar-refractivity contribution < 1.29 is 4.79 Å². The molecule has 0 spiro atoms. The SMILES string of the molecule is CCC(C#N)C(=O)NCCc1ccc(SC)cc1. The highest BCUT2D eigenvalue weighted by Crippen LogP contribution is 2.14. The van der Waals surface area contributed by atoms with Crippen LogP contribution in [-0.4, -0.2) is 18.7 Å². The van der Waals surface area contributed by atoms with Crippen molar-refractivity contribution in [2.24, 2.45) is 5.92 Å². The van der Waals surface area contributed by atoms with Crippen molar-refractivity contribution in [2.45, 2.75) is 24.7 Å². The summed E-state index contributed by atoms with van der Waals surface area (Å²) in [5.74, 6) is -0.690. The molecule has 0 fully saturated rings. The van der Waals surface area contributed by atoms with Crippen LogP contribution in [0.4, 0.5) is 0 Å². The summed E-state index contributed by atoms with van der Waals surface area (Å²) in [5, 5.41) is 11.6. The summed E-state index contributed by atoms with van der Waals surface area (Å²) in [5.41, 5.74) is 1.19. The molecule has 0 aromatic heterocycles. The third kappa shape index (κ3) is 4.42. The van der Waals surface area contributed by atoms with Crippen LogP contribution in [0.3, 0.4) is 0 Å². The Labute approximate surface area is 113 Å². The van der Waals surface area contributed by atoms with Crippen LogP contribution in [-0.2, 0) is 11.2 Å². The van der Waals surface area contributed by atoms with Gasteiger partial charge in [-0.3, -0.25) is 4.79 Å². The largest absolute Gasteiger partial charge is 0.355 e. The molecule has 1 amide bonds. The van der Waals surface area contributed by atoms with Crippen LogP contribution in [0, 0.1) is 17.2 Å². The van der Waals surface area contributed by atoms with Crippen molar-refractivity contribution in [2.75, 3.05) is 12.8 Å². The number of nitriles is 1. The van der Waals surface area contributed by atoms with Gasteiger partial charge in [-0.25, -0.2) is 0 Å². The van der Waals surface area contributed by atoms with Crippen molar-refractivity contribution in [3.05, 3.63) is 29.8 Å². The molecule has 3 nitrogen and oxygen atoms in total. The summed E-state index contributed by atoms with van der Waals surface area (Å²) >= 11 is 1.71. The Hall–Kier alpha value is -1.47. The Bertz CT molecular complexity index is 422. The summed E-state index contributed by atoms with van der Waals surface area (Å²) in [6, 6.07) is 10.3. The van der Waals surface area contributed by atoms with Gasteiger partial charge in [-0.1, -0.05) is 19.1 Å². The number of nitrogens with zero attached hydrogens (tertiary/aromatic N) is 1. The maximum Gasteiger partial charge on any atom is 0.237 e. The predicted octanol–water partition coefficient (Wildman–Crippen LogP) is 2.62. The van der Waals surface area contributed by atoms with Gasteiger partial charge in [-0.05, 0) is 36.8 Å². The standard InChI is InChI=1S/C14H18N2OS/c1-3-12(10-15)14(17)16-9-8-11-4-6-13(18-2)7-5-11/h4-7,12H,3,8-9H2,1-2H3,(H,16,17). The van der Waals surface area contributed by atoms with E-state index in [9.17, 15) is 4.79 Å². The van der Waals surface area contributed by atoms with Gasteiger partial charge < -0.3 is 5.32 Å². The zero-order valence-electron chi connectivity index (χ0n) is 10.8. The first-order valence-electron chi connectivity index (χ1n) is 6.01. The summed E-state index contributed by atoms with van der Waals surface area (Å²) in [6.45, 7) is 2.42. The number of thioether (sulfide) groups is 1. The van der Waals surface area contributed by atoms with E-state index in [0.29, 0.717) is 13.0 Å². The number of benzene rings is 1. The van der Waals surface area contributed by atoms with Crippen LogP contribution in [0.15, 0.2) is 29.2 Å². The van der Waals surface area contributed by atoms with Gasteiger partial charge in [-0.2, -0.15) is 5.26 Å². The molecule has 1 unspecified atom stereocenters. The van der Waals surface area contributed by atoms with E-state index in [2.05, 4.69) is 29.6 Å². The molecule has 1 aromatic rings. The monoisotopic (exact) mass is 262 g/mol. The molecule has 0 heterocycles. The van der Waals surface area contributed by atoms with Gasteiger partial charge in [0.15, 0.2) is 0 Å². The van der Waals surface area contributed by atoms with Crippen molar-refractivity contribution in [1.82, 2.24) is 5.32 Å². The van der Waals surface area contributed by atoms with Crippen LogP contribution < -0.4 is 5.32 Å². The van der Waals surface area contributed by atoms with Crippen LogP contribution in [0.1, 0.15) is 18.9 Å². The third-order valence-electron chi connectivity index (χ3n) is 2.75. The molecule has 1 atom stereocenters. The number of carbonyl (C=O) groups is 1. The number of nitrogens with one attached hydrogen (secondary N) is 1. The Kier molecular flexibility index (Phi) is 6.31. The number of carbonyl (C=O) groups excluding carboxylic acids is 1. The number of amides is 1. The minimum absolute atomic E-state index is 0.166. The lowest BCUT2D eigenvalue weighted by Crippen LogP contribution is -2.31. The molecular weight excluding hydrogens is 244 g/mol. The van der Waals surface area contributed by atoms with Crippen molar-refractivity contribution >= 4 is 17.7 Å². The summed E-state index contributed by atoms with van der Waals surface area (Å²) in [4.78, 5) is 12.8. The number of rotatable bonds is 6. The van der Waals surface area contributed by atoms with Crippen LogP contribution in [0.5, 0.6) is 0 Å². The van der Waals surface area contributed by atoms with E-state index in [4.69, 9.17) is 5.26 Å². The quantitative estimate of drug-likeness (QED) is 0.802. The molecule has 18 heavy (non-hydrogen) atoms. The summed E-state index contributed by atoms with van der Waals surface area (Å²) in [6.07, 6.45) is 3.40. The van der Waals surface area contributed by atoms with Crippen LogP contribution >= 0.6 is 11.8 Å². The fourth-order valence-corrected chi connectivity index (χ4v) is 1.99. The Morgan fingerprint density at radius 2 is 2.11 bits per heavy atom. The number of hydrogen-bond donors (Lipinski definition) is 1. The van der Waals surface area contributed by atoms with Gasteiger partial charge in [0.2, 0.25) is 5.91 Å². The summed E-state index contributed by atoms with van der Waals surface area (Å²) < 4.78 is 0. The molecule has 1 N–H and O–H groups in total. The molecule has 0 saturated carbocycles. The average Bonchev–Trinajstić information content (AvgIpc) is 2.41. The number of hydrogen-bond acceptors (Lipinski definition) is 3. The molecule has 0 radical (unpaired) electrons. The van der Waals surface area contributed by atoms with Crippen molar-refractivity contribution in [1.29, 1.82) is 5.26 Å². The van der Waals surface area contributed by atoms with E-state index in [-0.39, 0.29) is 5.91 Å². The fraction of sp³-hybridized carbons (Fsp3) is 0.429. The molecule has 0 bridgehead atoms. The van der Waals surface area contributed by atoms with Gasteiger partial charge in [-0.15, -0.1) is 11.8 Å². The van der Waals surface area contributed by atoms with Gasteiger partial charge >= 0.3 is 0 Å². The van der Waals surface area contributed by atoms with E-state index in [1.54, 1.807) is 11.8 Å². The lowest BCUT2D eigenvalue weighted by molar-refractivity contribution is -0.123. The van der Waals surface area contributed by atoms with E-state index in [1.807, 2.05) is 19.2 Å². The highest BCUT2D eigenvalue weighted by atomic mass is 32.2. The second kappa shape index (κ2) is 7.78. The lowest BCUT2D eigenvalue weighted by atomic mass is 10.1. The van der Waals surface area contributed by atoms with Gasteiger partial charge in [0.25, 0.3) is 0 Å². The van der Waals surface area contributed by atoms with Crippen LogP contribution in [0.25, 0.3) is 0 Å². The van der Waals surface area contributed by atoms with Crippen molar-refractivity contribution in [3.63, 3.8) is 0 Å². The predicted molar refractivity (Wildman–Crippen MR) is 74.3 cm³/mol. The minimum Gasteiger partial charge on any atom is -0.355 e. The minimum atomic E-state index is -0.524. The zero-order chi connectivity index (χ0) is 13.4. The van der Waals surface area contributed by atoms with Gasteiger partial charge in [0.1, 0.15) is 5.92 Å². The van der Waals surface area contributed by atoms with Gasteiger partial charge in [0.05, 0.1) is 6.07 Å². The lowest BCUT2D eigenvalue weighted by Gasteiger charge is -2.08. The maximum absolute atomic E-state index is 11.6. The van der Waals surface area contributed by atoms with E-state index >= 15 is 0 Å². The second-order valence-corrected chi connectivity index (χ2v) is 4.86. The molecule has 0 saturated heterocycles. The Morgan fingerprint density at radius 1 is 1.44 bits per heavy atom. The first kappa shape index (κ1) is 14.6. The van der Waals surface area contributed by atoms with E-state index in [0.717, 1.165) is 6.42 Å². The Balaban J connectivity index is 2.37. The Morgan fingerprint density at radius 3 is 2.61 bits per heavy atom. The van der Waals surface area contributed by atoms with Crippen molar-refractivity contribution in [3.8, 4) is 6.07 Å². The second-order valence-electron chi connectivity index (χ2n) is 3.98. The highest BCUT2D eigenvalue weighted by Gasteiger charge is 2.14. The first-order valence-corrected chi connectivity index (χ1v) is 7.24. The zero-order valence-corrected chi connectivity index (χ0v) is 11.6. The molecule has 0 aliphatic carbocycles. The molecule has 1 rings (SSSR count). The topological polar surface area (TPSA) is 52.9 Å². The third-order valence-corrected chi connectivity index (χ3v) is 3.50. The normalized spacial score (nSPS) is 11.6. The van der Waals surface area contributed by atoms with E-state index in [1.165, 1.54) is 10.5 Å². The molecule has 0 aliphatic heterocycles. The molecule has 96 valence electrons. The van der Waals surface area contributed by atoms with Crippen LogP contribution in [0.2, 0.25) is 0 Å². The summed E-state index contributed by atoms with van der Waals surface area (Å²) in [7, 11) is 0.